The second kappa shape index (κ2) is 7.36. The first-order valence-electron chi connectivity index (χ1n) is 1.86. The Balaban J connectivity index is 0. The second-order valence-electron chi connectivity index (χ2n) is 0.976. The first kappa shape index (κ1) is 11.2. The lowest BCUT2D eigenvalue weighted by Gasteiger charge is -2.01. The standard InChI is InChI=1S/C4H8O3.Mg.2H/c1-6-4(3-5)7-2;;;/h3-4H,1-2H3;;;. The number of methoxy groups -OCH3 is 2. The van der Waals surface area contributed by atoms with Gasteiger partial charge in [-0.25, -0.2) is 0 Å². The van der Waals surface area contributed by atoms with Crippen molar-refractivity contribution in [1.82, 2.24) is 0 Å². The molecule has 0 N–H and O–H groups in total. The predicted molar refractivity (Wildman–Crippen MR) is 32.4 cm³/mol. The van der Waals surface area contributed by atoms with E-state index in [2.05, 4.69) is 9.47 Å². The Labute approximate surface area is 64.5 Å². The van der Waals surface area contributed by atoms with Gasteiger partial charge < -0.3 is 9.47 Å². The molecular weight excluding hydrogens is 120 g/mol. The number of carbonyl (C=O) groups excluding carboxylic acids is 1. The van der Waals surface area contributed by atoms with E-state index in [0.717, 1.165) is 0 Å². The Morgan fingerprint density at radius 2 is 1.75 bits per heavy atom. The van der Waals surface area contributed by atoms with Crippen LogP contribution in [-0.2, 0) is 14.3 Å². The van der Waals surface area contributed by atoms with Gasteiger partial charge in [0.15, 0.2) is 6.29 Å². The van der Waals surface area contributed by atoms with Crippen molar-refractivity contribution in [2.24, 2.45) is 0 Å². The quantitative estimate of drug-likeness (QED) is 0.276. The first-order valence-corrected chi connectivity index (χ1v) is 1.86. The van der Waals surface area contributed by atoms with E-state index < -0.39 is 6.29 Å². The molecule has 0 bridgehead atoms. The minimum atomic E-state index is -0.694. The van der Waals surface area contributed by atoms with E-state index in [-0.39, 0.29) is 23.1 Å². The van der Waals surface area contributed by atoms with Crippen LogP contribution in [0.2, 0.25) is 0 Å². The van der Waals surface area contributed by atoms with E-state index in [1.54, 1.807) is 0 Å². The lowest BCUT2D eigenvalue weighted by molar-refractivity contribution is -0.143. The molecule has 0 aromatic rings. The molecule has 4 heteroatoms. The Hall–Kier alpha value is 0.356. The van der Waals surface area contributed by atoms with E-state index in [1.807, 2.05) is 0 Å². The minimum Gasteiger partial charge on any atom is -0.350 e. The molecule has 0 aromatic carbocycles. The highest BCUT2D eigenvalue weighted by Gasteiger charge is 1.97. The van der Waals surface area contributed by atoms with Gasteiger partial charge in [0.05, 0.1) is 0 Å². The molecule has 0 aromatic heterocycles. The van der Waals surface area contributed by atoms with E-state index in [4.69, 9.17) is 0 Å². The van der Waals surface area contributed by atoms with Crippen LogP contribution < -0.4 is 0 Å². The van der Waals surface area contributed by atoms with Gasteiger partial charge in [0.25, 0.3) is 0 Å². The fourth-order valence-corrected chi connectivity index (χ4v) is 0.207. The van der Waals surface area contributed by atoms with Gasteiger partial charge in [-0.15, -0.1) is 0 Å². The zero-order chi connectivity index (χ0) is 5.70. The molecule has 0 radical (unpaired) electrons. The minimum absolute atomic E-state index is 0. The molecular formula is C4H10MgO3. The van der Waals surface area contributed by atoms with Crippen molar-refractivity contribution in [1.29, 1.82) is 0 Å². The van der Waals surface area contributed by atoms with Crippen LogP contribution in [0.25, 0.3) is 0 Å². The summed E-state index contributed by atoms with van der Waals surface area (Å²) in [7, 11) is 2.81. The Morgan fingerprint density at radius 1 is 1.38 bits per heavy atom. The predicted octanol–water partition coefficient (Wildman–Crippen LogP) is -1.11. The highest BCUT2D eigenvalue weighted by Crippen LogP contribution is 1.80. The molecule has 0 unspecified atom stereocenters. The topological polar surface area (TPSA) is 35.5 Å². The van der Waals surface area contributed by atoms with Gasteiger partial charge >= 0.3 is 23.1 Å². The van der Waals surface area contributed by atoms with Crippen LogP contribution in [-0.4, -0.2) is 49.8 Å². The zero-order valence-corrected chi connectivity index (χ0v) is 4.38. The van der Waals surface area contributed by atoms with Crippen LogP contribution in [0.3, 0.4) is 0 Å². The van der Waals surface area contributed by atoms with Gasteiger partial charge in [-0.05, 0) is 0 Å². The van der Waals surface area contributed by atoms with Crippen molar-refractivity contribution in [2.45, 2.75) is 6.29 Å². The molecule has 0 saturated heterocycles. The van der Waals surface area contributed by atoms with Crippen molar-refractivity contribution in [3.63, 3.8) is 0 Å². The molecule has 0 rings (SSSR count). The number of hydrogen-bond donors (Lipinski definition) is 0. The number of carbonyl (C=O) groups is 1. The second-order valence-corrected chi connectivity index (χ2v) is 0.976. The van der Waals surface area contributed by atoms with Crippen molar-refractivity contribution in [3.8, 4) is 0 Å². The number of hydrogen-bond acceptors (Lipinski definition) is 3. The largest absolute Gasteiger partial charge is 0.350 e. The molecule has 0 atom stereocenters. The van der Waals surface area contributed by atoms with E-state index in [1.165, 1.54) is 14.2 Å². The normalized spacial score (nSPS) is 8.38. The highest BCUT2D eigenvalue weighted by atomic mass is 24.3. The van der Waals surface area contributed by atoms with Gasteiger partial charge in [0.1, 0.15) is 0 Å². The Morgan fingerprint density at radius 3 is 1.75 bits per heavy atom. The van der Waals surface area contributed by atoms with Crippen molar-refractivity contribution < 1.29 is 14.3 Å². The maximum atomic E-state index is 9.72. The summed E-state index contributed by atoms with van der Waals surface area (Å²) in [5, 5.41) is 0. The summed E-state index contributed by atoms with van der Waals surface area (Å²) in [6.45, 7) is 0. The molecule has 3 nitrogen and oxygen atoms in total. The van der Waals surface area contributed by atoms with Crippen LogP contribution in [0.15, 0.2) is 0 Å². The first-order chi connectivity index (χ1) is 3.35. The van der Waals surface area contributed by atoms with Crippen molar-refractivity contribution in [3.05, 3.63) is 0 Å². The molecule has 0 fully saturated rings. The average Bonchev–Trinajstić information content (AvgIpc) is 1.72. The molecule has 0 aliphatic carbocycles. The third-order valence-electron chi connectivity index (χ3n) is 0.576. The fraction of sp³-hybridized carbons (Fsp3) is 0.750. The van der Waals surface area contributed by atoms with Crippen LogP contribution in [0.1, 0.15) is 0 Å². The number of aldehydes is 1. The summed E-state index contributed by atoms with van der Waals surface area (Å²) in [6, 6.07) is 0. The molecule has 0 aliphatic rings. The Bertz CT molecular complexity index is 53.2. The van der Waals surface area contributed by atoms with E-state index >= 15 is 0 Å². The molecule has 0 heterocycles. The molecule has 0 amide bonds. The third-order valence-corrected chi connectivity index (χ3v) is 0.576. The van der Waals surface area contributed by atoms with Gasteiger partial charge in [-0.3, -0.25) is 4.79 Å². The summed E-state index contributed by atoms with van der Waals surface area (Å²) < 4.78 is 8.92. The molecule has 46 valence electrons. The van der Waals surface area contributed by atoms with Crippen molar-refractivity contribution in [2.75, 3.05) is 14.2 Å². The molecule has 8 heavy (non-hydrogen) atoms. The summed E-state index contributed by atoms with van der Waals surface area (Å²) in [5.74, 6) is 0. The highest BCUT2D eigenvalue weighted by molar-refractivity contribution is 5.75. The van der Waals surface area contributed by atoms with Crippen LogP contribution in [0.4, 0.5) is 0 Å². The lowest BCUT2D eigenvalue weighted by Crippen LogP contribution is -2.13. The van der Waals surface area contributed by atoms with Gasteiger partial charge in [0, 0.05) is 14.2 Å². The van der Waals surface area contributed by atoms with Crippen LogP contribution >= 0.6 is 0 Å². The molecule has 0 saturated carbocycles. The van der Waals surface area contributed by atoms with Crippen LogP contribution in [0, 0.1) is 0 Å². The number of ether oxygens (including phenoxy) is 2. The summed E-state index contributed by atoms with van der Waals surface area (Å²) >= 11 is 0. The maximum absolute atomic E-state index is 9.72. The zero-order valence-electron chi connectivity index (χ0n) is 4.38. The smallest absolute Gasteiger partial charge is 0.316 e. The summed E-state index contributed by atoms with van der Waals surface area (Å²) in [6.07, 6.45) is -0.111. The molecule has 0 spiro atoms. The fourth-order valence-electron chi connectivity index (χ4n) is 0.207. The maximum Gasteiger partial charge on any atom is 0.316 e. The average molecular weight is 130 g/mol. The monoisotopic (exact) mass is 130 g/mol. The lowest BCUT2D eigenvalue weighted by atomic mass is 10.7. The summed E-state index contributed by atoms with van der Waals surface area (Å²) in [4.78, 5) is 9.72. The van der Waals surface area contributed by atoms with Gasteiger partial charge in [-0.1, -0.05) is 0 Å². The van der Waals surface area contributed by atoms with Gasteiger partial charge in [-0.2, -0.15) is 0 Å². The van der Waals surface area contributed by atoms with Gasteiger partial charge in [0.2, 0.25) is 6.29 Å². The third kappa shape index (κ3) is 4.51. The SMILES string of the molecule is COC(C=O)OC.[MgH2]. The Kier molecular flexibility index (Phi) is 10.3. The van der Waals surface area contributed by atoms with E-state index in [9.17, 15) is 4.79 Å². The van der Waals surface area contributed by atoms with Crippen molar-refractivity contribution >= 4 is 29.3 Å². The van der Waals surface area contributed by atoms with E-state index in [0.29, 0.717) is 6.29 Å². The summed E-state index contributed by atoms with van der Waals surface area (Å²) in [5.41, 5.74) is 0. The number of rotatable bonds is 3. The molecule has 0 aliphatic heterocycles. The van der Waals surface area contributed by atoms with Crippen LogP contribution in [0.5, 0.6) is 0 Å².